The summed E-state index contributed by atoms with van der Waals surface area (Å²) in [7, 11) is -2.61. The molecular weight excluding hydrogens is 304 g/mol. The topological polar surface area (TPSA) is 136 Å². The van der Waals surface area contributed by atoms with Gasteiger partial charge >= 0.3 is 5.97 Å². The summed E-state index contributed by atoms with van der Waals surface area (Å²) in [4.78, 5) is 20.6. The normalized spacial score (nSPS) is 12.8. The molecule has 0 saturated heterocycles. The molecule has 0 spiro atoms. The Balaban J connectivity index is 2.67. The molecule has 0 bridgehead atoms. The first kappa shape index (κ1) is 17.0. The molecule has 0 heterocycles. The van der Waals surface area contributed by atoms with Gasteiger partial charge < -0.3 is 9.84 Å². The largest absolute Gasteiger partial charge is 0.479 e. The van der Waals surface area contributed by atoms with Crippen molar-refractivity contribution in [3.05, 3.63) is 39.9 Å². The van der Waals surface area contributed by atoms with E-state index in [0.717, 1.165) is 7.11 Å². The van der Waals surface area contributed by atoms with Gasteiger partial charge in [-0.2, -0.15) is 0 Å². The third-order valence-corrected chi connectivity index (χ3v) is 3.87. The van der Waals surface area contributed by atoms with E-state index < -0.39 is 39.3 Å². The zero-order valence-corrected chi connectivity index (χ0v) is 11.9. The second-order valence-corrected chi connectivity index (χ2v) is 5.90. The number of nitro benzene ring substituents is 1. The third kappa shape index (κ3) is 5.45. The predicted octanol–water partition coefficient (Wildman–Crippen LogP) is 0.114. The zero-order valence-electron chi connectivity index (χ0n) is 11.1. The van der Waals surface area contributed by atoms with Crippen LogP contribution in [0.2, 0.25) is 0 Å². The summed E-state index contributed by atoms with van der Waals surface area (Å²) >= 11 is 0. The molecular formula is C11H14N2O7S. The number of benzene rings is 1. The van der Waals surface area contributed by atoms with E-state index >= 15 is 0 Å². The molecule has 10 heteroatoms. The molecule has 0 radical (unpaired) electrons. The molecule has 0 fully saturated rings. The maximum Gasteiger partial charge on any atom is 0.334 e. The molecule has 0 aromatic heterocycles. The highest BCUT2D eigenvalue weighted by atomic mass is 32.2. The van der Waals surface area contributed by atoms with Crippen LogP contribution in [0.4, 0.5) is 5.69 Å². The number of carboxylic acids is 1. The van der Waals surface area contributed by atoms with Crippen molar-refractivity contribution in [3.63, 3.8) is 0 Å². The molecule has 1 aromatic rings. The van der Waals surface area contributed by atoms with Crippen LogP contribution >= 0.6 is 0 Å². The smallest absolute Gasteiger partial charge is 0.334 e. The van der Waals surface area contributed by atoms with Crippen LogP contribution in [-0.4, -0.2) is 44.2 Å². The number of carbonyl (C=O) groups is 1. The highest BCUT2D eigenvalue weighted by molar-refractivity contribution is 7.88. The van der Waals surface area contributed by atoms with Crippen LogP contribution in [0.25, 0.3) is 0 Å². The van der Waals surface area contributed by atoms with Gasteiger partial charge in [-0.3, -0.25) is 10.1 Å². The lowest BCUT2D eigenvalue weighted by atomic mass is 10.2. The molecule has 1 aromatic carbocycles. The molecule has 0 aliphatic carbocycles. The Morgan fingerprint density at radius 1 is 1.43 bits per heavy atom. The van der Waals surface area contributed by atoms with Gasteiger partial charge in [0.15, 0.2) is 6.10 Å². The standard InChI is InChI=1S/C11H14N2O7S/c1-20-10(11(14)15)6-12-21(18,19)7-8-2-4-9(5-3-8)13(16)17/h2-5,10,12H,6-7H2,1H3,(H,14,15). The van der Waals surface area contributed by atoms with Crippen molar-refractivity contribution >= 4 is 21.7 Å². The van der Waals surface area contributed by atoms with E-state index in [1.54, 1.807) is 0 Å². The molecule has 9 nitrogen and oxygen atoms in total. The van der Waals surface area contributed by atoms with Gasteiger partial charge in [0.2, 0.25) is 10.0 Å². The zero-order chi connectivity index (χ0) is 16.0. The van der Waals surface area contributed by atoms with Crippen LogP contribution in [-0.2, 0) is 25.3 Å². The first-order valence-electron chi connectivity index (χ1n) is 5.71. The summed E-state index contributed by atoms with van der Waals surface area (Å²) in [5.74, 6) is -1.70. The number of methoxy groups -OCH3 is 1. The van der Waals surface area contributed by atoms with Gasteiger partial charge in [0.25, 0.3) is 5.69 Å². The molecule has 0 saturated carbocycles. The lowest BCUT2D eigenvalue weighted by Gasteiger charge is -2.12. The van der Waals surface area contributed by atoms with Crippen molar-refractivity contribution in [3.8, 4) is 0 Å². The van der Waals surface area contributed by atoms with Crippen LogP contribution in [0.15, 0.2) is 24.3 Å². The second kappa shape index (κ2) is 7.11. The van der Waals surface area contributed by atoms with Gasteiger partial charge in [-0.1, -0.05) is 12.1 Å². The Morgan fingerprint density at radius 3 is 2.43 bits per heavy atom. The molecule has 21 heavy (non-hydrogen) atoms. The molecule has 0 aliphatic rings. The number of ether oxygens (including phenoxy) is 1. The fourth-order valence-electron chi connectivity index (χ4n) is 1.46. The fourth-order valence-corrected chi connectivity index (χ4v) is 2.60. The van der Waals surface area contributed by atoms with Crippen molar-refractivity contribution in [1.82, 2.24) is 4.72 Å². The minimum absolute atomic E-state index is 0.144. The number of hydrogen-bond acceptors (Lipinski definition) is 6. The van der Waals surface area contributed by atoms with E-state index in [1.165, 1.54) is 24.3 Å². The minimum Gasteiger partial charge on any atom is -0.479 e. The average molecular weight is 318 g/mol. The maximum atomic E-state index is 11.8. The van der Waals surface area contributed by atoms with Crippen molar-refractivity contribution in [2.24, 2.45) is 0 Å². The molecule has 1 rings (SSSR count). The minimum atomic E-state index is -3.77. The van der Waals surface area contributed by atoms with Crippen LogP contribution in [0.3, 0.4) is 0 Å². The molecule has 2 N–H and O–H groups in total. The highest BCUT2D eigenvalue weighted by Crippen LogP contribution is 2.13. The Labute approximate surface area is 120 Å². The highest BCUT2D eigenvalue weighted by Gasteiger charge is 2.20. The van der Waals surface area contributed by atoms with Gasteiger partial charge in [-0.05, 0) is 5.56 Å². The number of hydrogen-bond donors (Lipinski definition) is 2. The first-order valence-corrected chi connectivity index (χ1v) is 7.36. The van der Waals surface area contributed by atoms with E-state index in [9.17, 15) is 23.3 Å². The van der Waals surface area contributed by atoms with Gasteiger partial charge in [0.1, 0.15) is 0 Å². The number of nitro groups is 1. The summed E-state index contributed by atoms with van der Waals surface area (Å²) in [5.41, 5.74) is 0.201. The van der Waals surface area contributed by atoms with Crippen molar-refractivity contribution in [2.75, 3.05) is 13.7 Å². The van der Waals surface area contributed by atoms with Gasteiger partial charge in [-0.15, -0.1) is 0 Å². The number of nitrogens with one attached hydrogen (secondary N) is 1. The third-order valence-electron chi connectivity index (χ3n) is 2.55. The number of aliphatic carboxylic acids is 1. The lowest BCUT2D eigenvalue weighted by Crippen LogP contribution is -2.38. The first-order chi connectivity index (χ1) is 9.75. The summed E-state index contributed by atoms with van der Waals surface area (Å²) in [5, 5.41) is 19.2. The Kier molecular flexibility index (Phi) is 5.76. The van der Waals surface area contributed by atoms with Crippen LogP contribution in [0.5, 0.6) is 0 Å². The van der Waals surface area contributed by atoms with E-state index in [0.29, 0.717) is 5.56 Å². The number of nitrogens with zero attached hydrogens (tertiary/aromatic N) is 1. The van der Waals surface area contributed by atoms with Gasteiger partial charge in [-0.25, -0.2) is 17.9 Å². The van der Waals surface area contributed by atoms with Crippen molar-refractivity contribution in [1.29, 1.82) is 0 Å². The molecule has 1 unspecified atom stereocenters. The Hall–Kier alpha value is -2.04. The molecule has 1 atom stereocenters. The monoisotopic (exact) mass is 318 g/mol. The van der Waals surface area contributed by atoms with Crippen molar-refractivity contribution < 1.29 is 28.0 Å². The van der Waals surface area contributed by atoms with Crippen molar-refractivity contribution in [2.45, 2.75) is 11.9 Å². The lowest BCUT2D eigenvalue weighted by molar-refractivity contribution is -0.384. The number of sulfonamides is 1. The molecule has 116 valence electrons. The van der Waals surface area contributed by atoms with Gasteiger partial charge in [0, 0.05) is 25.8 Å². The molecule has 0 aliphatic heterocycles. The number of carboxylic acid groups (broad SMARTS) is 1. The summed E-state index contributed by atoms with van der Waals surface area (Å²) < 4.78 is 30.2. The van der Waals surface area contributed by atoms with Crippen LogP contribution in [0, 0.1) is 10.1 Å². The van der Waals surface area contributed by atoms with E-state index in [-0.39, 0.29) is 5.69 Å². The summed E-state index contributed by atoms with van der Waals surface area (Å²) in [6.45, 7) is -0.402. The van der Waals surface area contributed by atoms with E-state index in [2.05, 4.69) is 9.46 Å². The molecule has 0 amide bonds. The van der Waals surface area contributed by atoms with Crippen LogP contribution < -0.4 is 4.72 Å². The summed E-state index contributed by atoms with van der Waals surface area (Å²) in [6.07, 6.45) is -1.28. The number of rotatable bonds is 8. The second-order valence-electron chi connectivity index (χ2n) is 4.09. The fraction of sp³-hybridized carbons (Fsp3) is 0.364. The summed E-state index contributed by atoms with van der Waals surface area (Å²) in [6, 6.07) is 5.03. The average Bonchev–Trinajstić information content (AvgIpc) is 2.39. The number of non-ortho nitro benzene ring substituents is 1. The Bertz CT molecular complexity index is 612. The maximum absolute atomic E-state index is 11.8. The van der Waals surface area contributed by atoms with E-state index in [1.807, 2.05) is 0 Å². The van der Waals surface area contributed by atoms with Crippen LogP contribution in [0.1, 0.15) is 5.56 Å². The predicted molar refractivity (Wildman–Crippen MR) is 72.2 cm³/mol. The van der Waals surface area contributed by atoms with E-state index in [4.69, 9.17) is 5.11 Å². The Morgan fingerprint density at radius 2 is 2.00 bits per heavy atom. The van der Waals surface area contributed by atoms with Gasteiger partial charge in [0.05, 0.1) is 10.7 Å². The quantitative estimate of drug-likeness (QED) is 0.513. The SMILES string of the molecule is COC(CNS(=O)(=O)Cc1ccc([N+](=O)[O-])cc1)C(=O)O.